The van der Waals surface area contributed by atoms with Crippen LogP contribution in [-0.4, -0.2) is 60.8 Å². The van der Waals surface area contributed by atoms with Gasteiger partial charge in [0.1, 0.15) is 5.76 Å². The minimum Gasteiger partial charge on any atom is -0.360 e. The molecule has 0 bridgehead atoms. The molecule has 3 rings (SSSR count). The quantitative estimate of drug-likeness (QED) is 0.870. The fraction of sp³-hybridized carbons (Fsp3) is 0.444. The van der Waals surface area contributed by atoms with E-state index in [0.717, 1.165) is 38.3 Å². The van der Waals surface area contributed by atoms with Gasteiger partial charge in [-0.15, -0.1) is 0 Å². The summed E-state index contributed by atoms with van der Waals surface area (Å²) >= 11 is 0. The maximum Gasteiger partial charge on any atom is 0.321 e. The summed E-state index contributed by atoms with van der Waals surface area (Å²) in [5.74, 6) is 1.08. The van der Waals surface area contributed by atoms with Crippen molar-refractivity contribution < 1.29 is 9.32 Å². The average Bonchev–Trinajstić information content (AvgIpc) is 3.01. The third-order valence-corrected chi connectivity index (χ3v) is 4.41. The van der Waals surface area contributed by atoms with E-state index in [1.54, 1.807) is 13.0 Å². The Labute approximate surface area is 148 Å². The van der Waals surface area contributed by atoms with Crippen LogP contribution in [0.5, 0.6) is 0 Å². The summed E-state index contributed by atoms with van der Waals surface area (Å²) in [4.78, 5) is 17.1. The maximum atomic E-state index is 12.4. The lowest BCUT2D eigenvalue weighted by Crippen LogP contribution is -2.48. The molecule has 0 unspecified atom stereocenters. The number of hydrogen-bond acceptors (Lipinski definition) is 5. The molecule has 2 aromatic rings. The van der Waals surface area contributed by atoms with Crippen molar-refractivity contribution in [1.29, 1.82) is 0 Å². The third-order valence-electron chi connectivity index (χ3n) is 4.41. The van der Waals surface area contributed by atoms with Crippen LogP contribution >= 0.6 is 0 Å². The minimum atomic E-state index is -0.281. The second kappa shape index (κ2) is 8.13. The van der Waals surface area contributed by atoms with E-state index < -0.39 is 0 Å². The van der Waals surface area contributed by atoms with Crippen molar-refractivity contribution in [3.63, 3.8) is 0 Å². The van der Waals surface area contributed by atoms with E-state index in [1.165, 1.54) is 0 Å². The second-order valence-corrected chi connectivity index (χ2v) is 6.49. The molecule has 0 saturated carbocycles. The highest BCUT2D eigenvalue weighted by Crippen LogP contribution is 2.16. The number of nitrogens with one attached hydrogen (secondary N) is 2. The topological polar surface area (TPSA) is 73.6 Å². The molecule has 0 spiro atoms. The first kappa shape index (κ1) is 17.4. The first-order valence-electron chi connectivity index (χ1n) is 8.57. The van der Waals surface area contributed by atoms with Gasteiger partial charge in [-0.25, -0.2) is 4.79 Å². The van der Waals surface area contributed by atoms with Crippen molar-refractivity contribution in [2.45, 2.75) is 13.0 Å². The lowest BCUT2D eigenvalue weighted by atomic mass is 10.1. The SMILES string of the molecule is Cc1cc(NC(=O)N[C@@H](CN2CCN(C)CC2)c2ccccc2)no1. The Morgan fingerprint density at radius 2 is 1.96 bits per heavy atom. The number of carbonyl (C=O) groups is 1. The van der Waals surface area contributed by atoms with Gasteiger partial charge >= 0.3 is 6.03 Å². The number of piperazine rings is 1. The van der Waals surface area contributed by atoms with Gasteiger partial charge in [0.25, 0.3) is 0 Å². The van der Waals surface area contributed by atoms with Crippen LogP contribution in [0.15, 0.2) is 40.9 Å². The van der Waals surface area contributed by atoms with Crippen molar-refractivity contribution in [2.75, 3.05) is 45.1 Å². The summed E-state index contributed by atoms with van der Waals surface area (Å²) in [6.07, 6.45) is 0. The Bertz CT molecular complexity index is 680. The van der Waals surface area contributed by atoms with Crippen LogP contribution in [0.1, 0.15) is 17.4 Å². The number of nitrogens with zero attached hydrogens (tertiary/aromatic N) is 3. The van der Waals surface area contributed by atoms with E-state index in [-0.39, 0.29) is 12.1 Å². The van der Waals surface area contributed by atoms with Gasteiger partial charge in [-0.1, -0.05) is 35.5 Å². The van der Waals surface area contributed by atoms with E-state index >= 15 is 0 Å². The van der Waals surface area contributed by atoms with Gasteiger partial charge in [-0.05, 0) is 19.5 Å². The molecule has 1 fully saturated rings. The zero-order chi connectivity index (χ0) is 17.6. The monoisotopic (exact) mass is 343 g/mol. The van der Waals surface area contributed by atoms with Gasteiger partial charge in [-0.2, -0.15) is 0 Å². The molecule has 1 aromatic carbocycles. The zero-order valence-corrected chi connectivity index (χ0v) is 14.7. The predicted octanol–water partition coefficient (Wildman–Crippen LogP) is 2.09. The van der Waals surface area contributed by atoms with Crippen molar-refractivity contribution in [3.8, 4) is 0 Å². The molecule has 1 saturated heterocycles. The third kappa shape index (κ3) is 5.04. The van der Waals surface area contributed by atoms with Crippen LogP contribution in [0.3, 0.4) is 0 Å². The Kier molecular flexibility index (Phi) is 5.67. The summed E-state index contributed by atoms with van der Waals surface area (Å²) in [5, 5.41) is 9.59. The van der Waals surface area contributed by atoms with E-state index in [4.69, 9.17) is 4.52 Å². The molecule has 1 atom stereocenters. The Balaban J connectivity index is 1.64. The number of urea groups is 1. The molecule has 25 heavy (non-hydrogen) atoms. The van der Waals surface area contributed by atoms with Crippen molar-refractivity contribution >= 4 is 11.8 Å². The number of rotatable bonds is 5. The molecule has 134 valence electrons. The van der Waals surface area contributed by atoms with E-state index in [2.05, 4.69) is 32.6 Å². The van der Waals surface area contributed by atoms with Gasteiger partial charge in [0.05, 0.1) is 6.04 Å². The van der Waals surface area contributed by atoms with Gasteiger partial charge in [0.15, 0.2) is 5.82 Å². The average molecular weight is 343 g/mol. The van der Waals surface area contributed by atoms with Crippen LogP contribution in [0.2, 0.25) is 0 Å². The molecule has 2 N–H and O–H groups in total. The summed E-state index contributed by atoms with van der Waals surface area (Å²) < 4.78 is 4.98. The lowest BCUT2D eigenvalue weighted by molar-refractivity contribution is 0.143. The van der Waals surface area contributed by atoms with Crippen molar-refractivity contribution in [3.05, 3.63) is 47.7 Å². The first-order chi connectivity index (χ1) is 12.1. The number of anilines is 1. The Morgan fingerprint density at radius 3 is 2.60 bits per heavy atom. The molecule has 2 amide bonds. The molecule has 1 aliphatic heterocycles. The summed E-state index contributed by atoms with van der Waals surface area (Å²) in [6, 6.07) is 11.4. The molecule has 0 radical (unpaired) electrons. The number of amides is 2. The summed E-state index contributed by atoms with van der Waals surface area (Å²) in [6.45, 7) is 6.68. The molecule has 1 aliphatic rings. The normalized spacial score (nSPS) is 17.2. The van der Waals surface area contributed by atoms with E-state index in [1.807, 2.05) is 30.3 Å². The van der Waals surface area contributed by atoms with Crippen molar-refractivity contribution in [1.82, 2.24) is 20.3 Å². The maximum absolute atomic E-state index is 12.4. The molecule has 2 heterocycles. The van der Waals surface area contributed by atoms with Gasteiger partial charge in [0.2, 0.25) is 0 Å². The molecule has 1 aromatic heterocycles. The summed E-state index contributed by atoms with van der Waals surface area (Å²) in [7, 11) is 2.14. The van der Waals surface area contributed by atoms with Gasteiger partial charge in [0, 0.05) is 38.8 Å². The number of hydrogen-bond donors (Lipinski definition) is 2. The summed E-state index contributed by atoms with van der Waals surface area (Å²) in [5.41, 5.74) is 1.09. The highest BCUT2D eigenvalue weighted by Gasteiger charge is 2.21. The van der Waals surface area contributed by atoms with Gasteiger partial charge in [-0.3, -0.25) is 10.2 Å². The van der Waals surface area contributed by atoms with Crippen LogP contribution < -0.4 is 10.6 Å². The number of benzene rings is 1. The van der Waals surface area contributed by atoms with Crippen LogP contribution in [-0.2, 0) is 0 Å². The van der Waals surface area contributed by atoms with Crippen molar-refractivity contribution in [2.24, 2.45) is 0 Å². The highest BCUT2D eigenvalue weighted by molar-refractivity contribution is 5.88. The molecular weight excluding hydrogens is 318 g/mol. The molecule has 7 nitrogen and oxygen atoms in total. The predicted molar refractivity (Wildman–Crippen MR) is 96.5 cm³/mol. The lowest BCUT2D eigenvalue weighted by Gasteiger charge is -2.35. The fourth-order valence-electron chi connectivity index (χ4n) is 2.94. The van der Waals surface area contributed by atoms with Gasteiger partial charge < -0.3 is 14.7 Å². The molecule has 7 heteroatoms. The number of aryl methyl sites for hydroxylation is 1. The highest BCUT2D eigenvalue weighted by atomic mass is 16.5. The fourth-order valence-corrected chi connectivity index (χ4v) is 2.94. The van der Waals surface area contributed by atoms with E-state index in [0.29, 0.717) is 11.6 Å². The van der Waals surface area contributed by atoms with Crippen LogP contribution in [0.4, 0.5) is 10.6 Å². The minimum absolute atomic E-state index is 0.0856. The number of likely N-dealkylation sites (N-methyl/N-ethyl adjacent to an activating group) is 1. The number of aromatic nitrogens is 1. The van der Waals surface area contributed by atoms with E-state index in [9.17, 15) is 4.79 Å². The standard InChI is InChI=1S/C18H25N5O2/c1-14-12-17(21-25-14)20-18(24)19-16(15-6-4-3-5-7-15)13-23-10-8-22(2)9-11-23/h3-7,12,16H,8-11,13H2,1-2H3,(H2,19,20,21,24)/t16-/m0/s1. The number of carbonyl (C=O) groups excluding carboxylic acids is 1. The Hall–Kier alpha value is -2.38. The molecular formula is C18H25N5O2. The zero-order valence-electron chi connectivity index (χ0n) is 14.7. The molecule has 0 aliphatic carbocycles. The smallest absolute Gasteiger partial charge is 0.321 e. The first-order valence-corrected chi connectivity index (χ1v) is 8.57. The Morgan fingerprint density at radius 1 is 1.24 bits per heavy atom. The van der Waals surface area contributed by atoms with Crippen LogP contribution in [0, 0.1) is 6.92 Å². The largest absolute Gasteiger partial charge is 0.360 e. The second-order valence-electron chi connectivity index (χ2n) is 6.49. The van der Waals surface area contributed by atoms with Crippen LogP contribution in [0.25, 0.3) is 0 Å².